The van der Waals surface area contributed by atoms with Crippen LogP contribution in [0.2, 0.25) is 0 Å². The summed E-state index contributed by atoms with van der Waals surface area (Å²) in [5.41, 5.74) is 0. The molecule has 0 bridgehead atoms. The Morgan fingerprint density at radius 1 is 1.50 bits per heavy atom. The van der Waals surface area contributed by atoms with Crippen molar-refractivity contribution in [2.45, 2.75) is 25.9 Å². The van der Waals surface area contributed by atoms with Crippen LogP contribution in [0.4, 0.5) is 0 Å². The van der Waals surface area contributed by atoms with Crippen LogP contribution in [0.1, 0.15) is 19.8 Å². The van der Waals surface area contributed by atoms with E-state index in [0.717, 1.165) is 4.48 Å². The zero-order valence-corrected chi connectivity index (χ0v) is 7.35. The summed E-state index contributed by atoms with van der Waals surface area (Å²) in [5.74, 6) is 0. The minimum atomic E-state index is 0.713. The third kappa shape index (κ3) is 1.50. The fraction of sp³-hybridized carbons (Fsp3) is 1.00. The quantitative estimate of drug-likeness (QED) is 0.564. The molecule has 1 aliphatic heterocycles. The van der Waals surface area contributed by atoms with Crippen LogP contribution >= 0.6 is 0 Å². The minimum absolute atomic E-state index is 0.713. The molecular formula is C8H19N2+. The first-order valence-corrected chi connectivity index (χ1v) is 4.23. The van der Waals surface area contributed by atoms with Crippen molar-refractivity contribution < 1.29 is 4.48 Å². The molecule has 0 aromatic rings. The zero-order chi connectivity index (χ0) is 7.61. The molecule has 1 rings (SSSR count). The van der Waals surface area contributed by atoms with Crippen molar-refractivity contribution in [1.82, 2.24) is 5.32 Å². The second kappa shape index (κ2) is 2.89. The Labute approximate surface area is 63.8 Å². The minimum Gasteiger partial charge on any atom is -0.314 e. The number of rotatable bonds is 2. The van der Waals surface area contributed by atoms with Crippen molar-refractivity contribution in [2.24, 2.45) is 0 Å². The van der Waals surface area contributed by atoms with E-state index in [0.29, 0.717) is 6.17 Å². The molecule has 0 amide bonds. The normalized spacial score (nSPS) is 27.3. The molecule has 1 atom stereocenters. The second-order valence-corrected chi connectivity index (χ2v) is 3.71. The Bertz CT molecular complexity index is 104. The molecule has 1 fully saturated rings. The van der Waals surface area contributed by atoms with Gasteiger partial charge in [0.05, 0.1) is 20.6 Å². The lowest BCUT2D eigenvalue weighted by Crippen LogP contribution is -2.53. The van der Waals surface area contributed by atoms with Gasteiger partial charge in [-0.2, -0.15) is 0 Å². The van der Waals surface area contributed by atoms with Gasteiger partial charge in [0.25, 0.3) is 0 Å². The van der Waals surface area contributed by atoms with Gasteiger partial charge in [0.2, 0.25) is 0 Å². The Kier molecular flexibility index (Phi) is 2.32. The lowest BCUT2D eigenvalue weighted by Gasteiger charge is -2.34. The van der Waals surface area contributed by atoms with Crippen LogP contribution in [-0.4, -0.2) is 37.8 Å². The molecule has 10 heavy (non-hydrogen) atoms. The zero-order valence-electron chi connectivity index (χ0n) is 7.35. The number of hydrogen-bond donors (Lipinski definition) is 1. The van der Waals surface area contributed by atoms with Gasteiger partial charge in [-0.05, 0) is 13.3 Å². The Morgan fingerprint density at radius 2 is 2.20 bits per heavy atom. The molecule has 1 heterocycles. The molecule has 1 aliphatic rings. The standard InChI is InChI=1S/C8H19N2/c1-4-10(2,3)8-6-5-7-9-8/h8-9H,4-7H2,1-3H3/q+1. The SMILES string of the molecule is CC[N+](C)(C)C1CCCN1. The summed E-state index contributed by atoms with van der Waals surface area (Å²) < 4.78 is 1.12. The summed E-state index contributed by atoms with van der Waals surface area (Å²) in [4.78, 5) is 0. The van der Waals surface area contributed by atoms with Crippen LogP contribution in [0.5, 0.6) is 0 Å². The van der Waals surface area contributed by atoms with Gasteiger partial charge in [-0.1, -0.05) is 0 Å². The monoisotopic (exact) mass is 143 g/mol. The maximum Gasteiger partial charge on any atom is 0.142 e. The van der Waals surface area contributed by atoms with Crippen LogP contribution in [0.25, 0.3) is 0 Å². The topological polar surface area (TPSA) is 12.0 Å². The van der Waals surface area contributed by atoms with E-state index in [1.807, 2.05) is 0 Å². The number of nitrogens with zero attached hydrogens (tertiary/aromatic N) is 1. The number of nitrogens with one attached hydrogen (secondary N) is 1. The first-order valence-electron chi connectivity index (χ1n) is 4.23. The molecule has 1 N–H and O–H groups in total. The molecule has 0 spiro atoms. The predicted octanol–water partition coefficient (Wildman–Crippen LogP) is 0.792. The van der Waals surface area contributed by atoms with E-state index in [2.05, 4.69) is 26.3 Å². The van der Waals surface area contributed by atoms with Crippen LogP contribution in [0.3, 0.4) is 0 Å². The van der Waals surface area contributed by atoms with Gasteiger partial charge in [0, 0.05) is 13.0 Å². The van der Waals surface area contributed by atoms with Crippen LogP contribution < -0.4 is 5.32 Å². The highest BCUT2D eigenvalue weighted by molar-refractivity contribution is 4.65. The number of quaternary nitrogens is 1. The summed E-state index contributed by atoms with van der Waals surface area (Å²) in [7, 11) is 4.59. The molecule has 0 aromatic heterocycles. The van der Waals surface area contributed by atoms with Crippen molar-refractivity contribution in [3.05, 3.63) is 0 Å². The summed E-state index contributed by atoms with van der Waals surface area (Å²) in [6, 6.07) is 0. The van der Waals surface area contributed by atoms with Gasteiger partial charge in [-0.3, -0.25) is 5.32 Å². The van der Waals surface area contributed by atoms with Gasteiger partial charge >= 0.3 is 0 Å². The van der Waals surface area contributed by atoms with Crippen molar-refractivity contribution in [3.8, 4) is 0 Å². The molecule has 0 radical (unpaired) electrons. The van der Waals surface area contributed by atoms with Crippen molar-refractivity contribution in [2.75, 3.05) is 27.2 Å². The maximum atomic E-state index is 3.52. The van der Waals surface area contributed by atoms with Gasteiger partial charge in [-0.15, -0.1) is 0 Å². The molecule has 0 aliphatic carbocycles. The van der Waals surface area contributed by atoms with Crippen molar-refractivity contribution in [1.29, 1.82) is 0 Å². The van der Waals surface area contributed by atoms with E-state index >= 15 is 0 Å². The number of hydrogen-bond acceptors (Lipinski definition) is 1. The molecule has 2 heteroatoms. The molecule has 0 aromatic carbocycles. The fourth-order valence-corrected chi connectivity index (χ4v) is 1.48. The van der Waals surface area contributed by atoms with Crippen molar-refractivity contribution >= 4 is 0 Å². The molecule has 60 valence electrons. The van der Waals surface area contributed by atoms with Gasteiger partial charge in [-0.25, -0.2) is 0 Å². The summed E-state index contributed by atoms with van der Waals surface area (Å²) in [5, 5.41) is 3.52. The van der Waals surface area contributed by atoms with E-state index < -0.39 is 0 Å². The van der Waals surface area contributed by atoms with E-state index in [9.17, 15) is 0 Å². The maximum absolute atomic E-state index is 3.52. The molecule has 1 unspecified atom stereocenters. The first kappa shape index (κ1) is 8.02. The fourth-order valence-electron chi connectivity index (χ4n) is 1.48. The highest BCUT2D eigenvalue weighted by Crippen LogP contribution is 2.13. The summed E-state index contributed by atoms with van der Waals surface area (Å²) in [6.07, 6.45) is 3.41. The average molecular weight is 143 g/mol. The largest absolute Gasteiger partial charge is 0.314 e. The smallest absolute Gasteiger partial charge is 0.142 e. The van der Waals surface area contributed by atoms with Crippen molar-refractivity contribution in [3.63, 3.8) is 0 Å². The highest BCUT2D eigenvalue weighted by Gasteiger charge is 2.28. The van der Waals surface area contributed by atoms with E-state index in [-0.39, 0.29) is 0 Å². The Balaban J connectivity index is 2.45. The first-order chi connectivity index (χ1) is 4.67. The highest BCUT2D eigenvalue weighted by atomic mass is 15.4. The third-order valence-corrected chi connectivity index (χ3v) is 2.69. The van der Waals surface area contributed by atoms with E-state index in [1.165, 1.54) is 25.9 Å². The summed E-state index contributed by atoms with van der Waals surface area (Å²) in [6.45, 7) is 4.68. The second-order valence-electron chi connectivity index (χ2n) is 3.71. The molecule has 2 nitrogen and oxygen atoms in total. The van der Waals surface area contributed by atoms with E-state index in [1.54, 1.807) is 0 Å². The van der Waals surface area contributed by atoms with Gasteiger partial charge in [0.1, 0.15) is 6.17 Å². The molecule has 1 saturated heterocycles. The average Bonchev–Trinajstić information content (AvgIpc) is 2.38. The lowest BCUT2D eigenvalue weighted by atomic mass is 10.3. The third-order valence-electron chi connectivity index (χ3n) is 2.69. The lowest BCUT2D eigenvalue weighted by molar-refractivity contribution is -0.915. The summed E-state index contributed by atoms with van der Waals surface area (Å²) >= 11 is 0. The Hall–Kier alpha value is -0.0800. The van der Waals surface area contributed by atoms with E-state index in [4.69, 9.17) is 0 Å². The molecular weight excluding hydrogens is 124 g/mol. The van der Waals surface area contributed by atoms with Crippen LogP contribution in [-0.2, 0) is 0 Å². The molecule has 0 saturated carbocycles. The van der Waals surface area contributed by atoms with Gasteiger partial charge in [0.15, 0.2) is 0 Å². The van der Waals surface area contributed by atoms with Crippen LogP contribution in [0.15, 0.2) is 0 Å². The van der Waals surface area contributed by atoms with Gasteiger partial charge < -0.3 is 4.48 Å². The predicted molar refractivity (Wildman–Crippen MR) is 43.7 cm³/mol. The Morgan fingerprint density at radius 3 is 2.60 bits per heavy atom. The van der Waals surface area contributed by atoms with Crippen LogP contribution in [0, 0.1) is 0 Å².